The molecule has 4 nitrogen and oxygen atoms in total. The zero-order chi connectivity index (χ0) is 14.0. The van der Waals surface area contributed by atoms with E-state index in [0.29, 0.717) is 17.4 Å². The summed E-state index contributed by atoms with van der Waals surface area (Å²) in [5.74, 6) is -1.77. The Kier molecular flexibility index (Phi) is 3.88. The summed E-state index contributed by atoms with van der Waals surface area (Å²) in [4.78, 5) is 24.1. The number of alkyl halides is 1. The van der Waals surface area contributed by atoms with E-state index in [1.54, 1.807) is 12.1 Å². The van der Waals surface area contributed by atoms with Crippen molar-refractivity contribution in [3.05, 3.63) is 29.8 Å². The van der Waals surface area contributed by atoms with Crippen molar-refractivity contribution in [2.45, 2.75) is 12.6 Å². The van der Waals surface area contributed by atoms with E-state index in [4.69, 9.17) is 13.0 Å². The number of hydrogen-bond acceptors (Lipinski definition) is 2. The van der Waals surface area contributed by atoms with E-state index in [0.717, 1.165) is 4.90 Å². The number of carboxylic acid groups (broad SMARTS) is 1. The van der Waals surface area contributed by atoms with Crippen molar-refractivity contribution in [2.24, 2.45) is 5.92 Å². The molecule has 2 atom stereocenters. The first-order valence-corrected chi connectivity index (χ1v) is 5.98. The number of nitrogens with zero attached hydrogens (tertiary/aromatic N) is 1. The van der Waals surface area contributed by atoms with Crippen molar-refractivity contribution in [1.82, 2.24) is 4.90 Å². The second-order valence-corrected chi connectivity index (χ2v) is 4.71. The largest absolute Gasteiger partial charge is 0.480 e. The maximum absolute atomic E-state index is 12.9. The molecule has 2 unspecified atom stereocenters. The van der Waals surface area contributed by atoms with E-state index in [1.807, 2.05) is 0 Å². The third kappa shape index (κ3) is 3.56. The highest BCUT2D eigenvalue weighted by molar-refractivity contribution is 6.32. The van der Waals surface area contributed by atoms with Crippen LogP contribution in [0.1, 0.15) is 16.8 Å². The van der Waals surface area contributed by atoms with Gasteiger partial charge in [0, 0.05) is 18.0 Å². The number of carboxylic acids is 1. The van der Waals surface area contributed by atoms with E-state index in [1.165, 1.54) is 12.1 Å². The Morgan fingerprint density at radius 2 is 1.95 bits per heavy atom. The molecule has 98 valence electrons. The van der Waals surface area contributed by atoms with Gasteiger partial charge in [-0.3, -0.25) is 9.59 Å². The molecule has 0 heterocycles. The van der Waals surface area contributed by atoms with Gasteiger partial charge < -0.3 is 10.0 Å². The number of carbonyl (C=O) groups excluding carboxylic acids is 1. The van der Waals surface area contributed by atoms with Crippen molar-refractivity contribution >= 4 is 25.2 Å². The zero-order valence-electron chi connectivity index (χ0n) is 10.3. The number of halogens is 1. The number of aliphatic carboxylic acids is 1. The number of rotatable bonds is 5. The first-order valence-electron chi connectivity index (χ1n) is 5.98. The molecule has 1 aromatic carbocycles. The molecule has 1 aromatic rings. The monoisotopic (exact) mass is 261 g/mol. The Morgan fingerprint density at radius 1 is 1.37 bits per heavy atom. The molecule has 0 aliphatic heterocycles. The lowest BCUT2D eigenvalue weighted by Gasteiger charge is -2.20. The summed E-state index contributed by atoms with van der Waals surface area (Å²) in [6.07, 6.45) is -0.527. The van der Waals surface area contributed by atoms with Crippen LogP contribution in [0, 0.1) is 5.92 Å². The molecule has 19 heavy (non-hydrogen) atoms. The highest BCUT2D eigenvalue weighted by Crippen LogP contribution is 2.34. The van der Waals surface area contributed by atoms with Gasteiger partial charge in [-0.05, 0) is 6.42 Å². The van der Waals surface area contributed by atoms with Crippen molar-refractivity contribution in [3.8, 4) is 0 Å². The first kappa shape index (κ1) is 13.6. The third-order valence-corrected chi connectivity index (χ3v) is 3.06. The van der Waals surface area contributed by atoms with Crippen LogP contribution in [-0.2, 0) is 4.79 Å². The molecule has 1 fully saturated rings. The Balaban J connectivity index is 2.09. The maximum atomic E-state index is 12.9. The molecular weight excluding hydrogens is 248 g/mol. The first-order chi connectivity index (χ1) is 8.97. The molecule has 0 saturated heterocycles. The van der Waals surface area contributed by atoms with Crippen LogP contribution >= 0.6 is 0 Å². The number of benzene rings is 1. The fourth-order valence-electron chi connectivity index (χ4n) is 1.87. The summed E-state index contributed by atoms with van der Waals surface area (Å²) in [6, 6.07) is 6.21. The van der Waals surface area contributed by atoms with Crippen molar-refractivity contribution in [1.29, 1.82) is 0 Å². The summed E-state index contributed by atoms with van der Waals surface area (Å²) in [5.41, 5.74) is 0.874. The molecule has 1 N–H and O–H groups in total. The molecule has 0 spiro atoms. The van der Waals surface area contributed by atoms with E-state index in [9.17, 15) is 14.0 Å². The third-order valence-electron chi connectivity index (χ3n) is 3.06. The Labute approximate surface area is 111 Å². The summed E-state index contributed by atoms with van der Waals surface area (Å²) in [5, 5.41) is 8.82. The van der Waals surface area contributed by atoms with Gasteiger partial charge in [0.2, 0.25) is 0 Å². The minimum atomic E-state index is -1.11. The predicted octanol–water partition coefficient (Wildman–Crippen LogP) is 0.365. The molecule has 6 heteroatoms. The summed E-state index contributed by atoms with van der Waals surface area (Å²) in [7, 11) is 5.52. The SMILES string of the molecule is [B]c1ccc(C(=O)N(CC(=O)O)CC2CC2F)cc1. The molecule has 0 bridgehead atoms. The van der Waals surface area contributed by atoms with E-state index < -0.39 is 24.6 Å². The lowest BCUT2D eigenvalue weighted by molar-refractivity contribution is -0.137. The average Bonchev–Trinajstić information content (AvgIpc) is 3.03. The molecule has 1 amide bonds. The number of hydrogen-bond donors (Lipinski definition) is 1. The fourth-order valence-corrected chi connectivity index (χ4v) is 1.87. The highest BCUT2D eigenvalue weighted by Gasteiger charge is 2.39. The van der Waals surface area contributed by atoms with E-state index in [2.05, 4.69) is 0 Å². The van der Waals surface area contributed by atoms with Gasteiger partial charge in [0.15, 0.2) is 0 Å². The summed E-state index contributed by atoms with van der Waals surface area (Å²) < 4.78 is 12.9. The molecule has 1 aliphatic carbocycles. The lowest BCUT2D eigenvalue weighted by Crippen LogP contribution is -2.37. The van der Waals surface area contributed by atoms with Crippen LogP contribution < -0.4 is 5.46 Å². The number of carbonyl (C=O) groups is 2. The van der Waals surface area contributed by atoms with Crippen LogP contribution in [0.4, 0.5) is 4.39 Å². The van der Waals surface area contributed by atoms with Crippen LogP contribution in [0.3, 0.4) is 0 Å². The molecule has 1 saturated carbocycles. The lowest BCUT2D eigenvalue weighted by atomic mass is 9.95. The Morgan fingerprint density at radius 3 is 2.42 bits per heavy atom. The molecule has 0 aromatic heterocycles. The van der Waals surface area contributed by atoms with Crippen LogP contribution in [-0.4, -0.2) is 49.0 Å². The maximum Gasteiger partial charge on any atom is 0.323 e. The predicted molar refractivity (Wildman–Crippen MR) is 68.4 cm³/mol. The second kappa shape index (κ2) is 5.42. The average molecular weight is 261 g/mol. The second-order valence-electron chi connectivity index (χ2n) is 4.71. The smallest absolute Gasteiger partial charge is 0.323 e. The molecule has 2 radical (unpaired) electrons. The van der Waals surface area contributed by atoms with Gasteiger partial charge in [-0.25, -0.2) is 4.39 Å². The van der Waals surface area contributed by atoms with E-state index >= 15 is 0 Å². The van der Waals surface area contributed by atoms with Gasteiger partial charge in [-0.15, -0.1) is 0 Å². The Hall–Kier alpha value is -1.85. The van der Waals surface area contributed by atoms with Gasteiger partial charge in [0.05, 0.1) is 0 Å². The normalized spacial score (nSPS) is 20.9. The van der Waals surface area contributed by atoms with Crippen molar-refractivity contribution < 1.29 is 19.1 Å². The fraction of sp³-hybridized carbons (Fsp3) is 0.385. The van der Waals surface area contributed by atoms with Crippen LogP contribution in [0.15, 0.2) is 24.3 Å². The van der Waals surface area contributed by atoms with Crippen LogP contribution in [0.5, 0.6) is 0 Å². The topological polar surface area (TPSA) is 57.6 Å². The van der Waals surface area contributed by atoms with Crippen LogP contribution in [0.25, 0.3) is 0 Å². The molecule has 2 rings (SSSR count). The van der Waals surface area contributed by atoms with Gasteiger partial charge >= 0.3 is 5.97 Å². The van der Waals surface area contributed by atoms with E-state index in [-0.39, 0.29) is 12.5 Å². The van der Waals surface area contributed by atoms with Gasteiger partial charge in [-0.2, -0.15) is 0 Å². The van der Waals surface area contributed by atoms with Gasteiger partial charge in [0.1, 0.15) is 20.6 Å². The van der Waals surface area contributed by atoms with Crippen molar-refractivity contribution in [3.63, 3.8) is 0 Å². The zero-order valence-corrected chi connectivity index (χ0v) is 10.3. The van der Waals surface area contributed by atoms with Crippen molar-refractivity contribution in [2.75, 3.05) is 13.1 Å². The minimum absolute atomic E-state index is 0.136. The molecular formula is C13H13BFNO3. The standard InChI is InChI=1S/C13H13BFNO3/c14-10-3-1-8(2-4-10)13(19)16(7-12(17)18)6-9-5-11(9)15/h1-4,9,11H,5-7H2,(H,17,18). The van der Waals surface area contributed by atoms with Crippen LogP contribution in [0.2, 0.25) is 0 Å². The highest BCUT2D eigenvalue weighted by atomic mass is 19.1. The van der Waals surface area contributed by atoms with Gasteiger partial charge in [-0.1, -0.05) is 29.7 Å². The number of amides is 1. The van der Waals surface area contributed by atoms with Gasteiger partial charge in [0.25, 0.3) is 5.91 Å². The molecule has 1 aliphatic rings. The Bertz CT molecular complexity index is 491. The quantitative estimate of drug-likeness (QED) is 0.779. The minimum Gasteiger partial charge on any atom is -0.480 e. The summed E-state index contributed by atoms with van der Waals surface area (Å²) >= 11 is 0. The summed E-state index contributed by atoms with van der Waals surface area (Å²) in [6.45, 7) is -0.289.